The van der Waals surface area contributed by atoms with Gasteiger partial charge in [-0.25, -0.2) is 0 Å². The molecular formula is C35H51ClN4O4. The molecule has 3 heterocycles. The van der Waals surface area contributed by atoms with Gasteiger partial charge in [-0.3, -0.25) is 19.3 Å². The molecule has 0 N–H and O–H groups in total. The number of amides is 3. The van der Waals surface area contributed by atoms with Gasteiger partial charge in [0, 0.05) is 60.8 Å². The molecule has 5 rings (SSSR count). The van der Waals surface area contributed by atoms with Crippen LogP contribution in [0.25, 0.3) is 0 Å². The van der Waals surface area contributed by atoms with E-state index in [0.29, 0.717) is 62.3 Å². The average Bonchev–Trinajstić information content (AvgIpc) is 3.64. The molecule has 0 unspecified atom stereocenters. The van der Waals surface area contributed by atoms with E-state index < -0.39 is 6.04 Å². The quantitative estimate of drug-likeness (QED) is 0.417. The van der Waals surface area contributed by atoms with Gasteiger partial charge in [-0.05, 0) is 83.4 Å². The summed E-state index contributed by atoms with van der Waals surface area (Å²) in [6, 6.07) is 7.09. The van der Waals surface area contributed by atoms with Crippen LogP contribution in [0, 0.1) is 11.8 Å². The highest BCUT2D eigenvalue weighted by Gasteiger charge is 2.50. The zero-order valence-corrected chi connectivity index (χ0v) is 28.0. The maximum Gasteiger partial charge on any atom is 0.249 e. The van der Waals surface area contributed by atoms with Crippen molar-refractivity contribution in [2.45, 2.75) is 96.3 Å². The van der Waals surface area contributed by atoms with Crippen LogP contribution >= 0.6 is 11.6 Å². The molecule has 3 amide bonds. The highest BCUT2D eigenvalue weighted by molar-refractivity contribution is 6.30. The van der Waals surface area contributed by atoms with Crippen molar-refractivity contribution >= 4 is 29.3 Å². The Morgan fingerprint density at radius 2 is 1.57 bits per heavy atom. The smallest absolute Gasteiger partial charge is 0.249 e. The van der Waals surface area contributed by atoms with E-state index in [-0.39, 0.29) is 47.2 Å². The predicted octanol–water partition coefficient (Wildman–Crippen LogP) is 4.97. The number of carbonyl (C=O) groups is 3. The normalized spacial score (nSPS) is 30.0. The third-order valence-corrected chi connectivity index (χ3v) is 10.7. The van der Waals surface area contributed by atoms with E-state index in [1.807, 2.05) is 39.0 Å². The molecule has 4 atom stereocenters. The molecule has 0 bridgehead atoms. The lowest BCUT2D eigenvalue weighted by Gasteiger charge is -2.40. The molecule has 4 fully saturated rings. The molecule has 0 radical (unpaired) electrons. The lowest BCUT2D eigenvalue weighted by molar-refractivity contribution is -0.148. The predicted molar refractivity (Wildman–Crippen MR) is 173 cm³/mol. The van der Waals surface area contributed by atoms with Crippen molar-refractivity contribution in [3.05, 3.63) is 47.0 Å². The van der Waals surface area contributed by atoms with Crippen molar-refractivity contribution in [1.29, 1.82) is 0 Å². The summed E-state index contributed by atoms with van der Waals surface area (Å²) in [4.78, 5) is 50.8. The van der Waals surface area contributed by atoms with Crippen LogP contribution in [0.3, 0.4) is 0 Å². The SMILES string of the molecule is C=C(C)C(=O)N(C1CCC(C)CC1)[C@H]1C[C@@H](C(=O)N2CCOCC2)N(C(=O)[C@@H]2CN(C(C)(C)C)C[C@H]2c2ccc(Cl)cc2)C1. The third-order valence-electron chi connectivity index (χ3n) is 10.4. The van der Waals surface area contributed by atoms with Gasteiger partial charge in [0.25, 0.3) is 0 Å². The molecule has 3 aliphatic heterocycles. The molecule has 0 aromatic heterocycles. The number of hydrogen-bond donors (Lipinski definition) is 0. The van der Waals surface area contributed by atoms with Crippen LogP contribution in [-0.4, -0.2) is 107 Å². The summed E-state index contributed by atoms with van der Waals surface area (Å²) in [6.07, 6.45) is 4.48. The Hall–Kier alpha value is -2.42. The van der Waals surface area contributed by atoms with Crippen LogP contribution in [0.4, 0.5) is 0 Å². The first-order valence-corrected chi connectivity index (χ1v) is 16.9. The van der Waals surface area contributed by atoms with E-state index in [1.54, 1.807) is 6.92 Å². The minimum atomic E-state index is -0.608. The van der Waals surface area contributed by atoms with Crippen molar-refractivity contribution < 1.29 is 19.1 Å². The second-order valence-corrected chi connectivity index (χ2v) is 15.0. The van der Waals surface area contributed by atoms with Gasteiger partial charge < -0.3 is 19.4 Å². The summed E-state index contributed by atoms with van der Waals surface area (Å²) in [5.74, 6) is 0.229. The standard InChI is InChI=1S/C35H51ClN4O4/c1-23(2)32(41)40(27-13-7-24(3)8-14-27)28-19-31(34(43)37-15-17-44-18-16-37)39(20-28)33(42)30-22-38(35(4,5)6)21-29(30)25-9-11-26(36)12-10-25/h9-12,24,27-31H,1,7-8,13-22H2,2-6H3/t24?,27?,28-,29-,30+,31-/m0/s1. The highest BCUT2D eigenvalue weighted by atomic mass is 35.5. The summed E-state index contributed by atoms with van der Waals surface area (Å²) in [7, 11) is 0. The van der Waals surface area contributed by atoms with Gasteiger partial charge in [-0.2, -0.15) is 0 Å². The van der Waals surface area contributed by atoms with Crippen LogP contribution in [-0.2, 0) is 19.1 Å². The number of ether oxygens (including phenoxy) is 1. The first-order valence-electron chi connectivity index (χ1n) is 16.5. The van der Waals surface area contributed by atoms with Gasteiger partial charge in [-0.1, -0.05) is 37.2 Å². The number of benzene rings is 1. The molecule has 242 valence electrons. The first-order chi connectivity index (χ1) is 20.8. The number of likely N-dealkylation sites (tertiary alicyclic amines) is 2. The molecule has 4 aliphatic rings. The van der Waals surface area contributed by atoms with Crippen molar-refractivity contribution in [3.8, 4) is 0 Å². The molecule has 1 aromatic carbocycles. The van der Waals surface area contributed by atoms with Crippen LogP contribution < -0.4 is 0 Å². The maximum atomic E-state index is 14.8. The molecule has 3 saturated heterocycles. The summed E-state index contributed by atoms with van der Waals surface area (Å²) in [6.45, 7) is 18.4. The van der Waals surface area contributed by atoms with Crippen molar-refractivity contribution in [3.63, 3.8) is 0 Å². The zero-order valence-electron chi connectivity index (χ0n) is 27.3. The monoisotopic (exact) mass is 626 g/mol. The van der Waals surface area contributed by atoms with Crippen LogP contribution in [0.5, 0.6) is 0 Å². The van der Waals surface area contributed by atoms with E-state index in [0.717, 1.165) is 37.8 Å². The fourth-order valence-corrected chi connectivity index (χ4v) is 7.85. The average molecular weight is 627 g/mol. The van der Waals surface area contributed by atoms with E-state index in [4.69, 9.17) is 16.3 Å². The summed E-state index contributed by atoms with van der Waals surface area (Å²) < 4.78 is 5.54. The second-order valence-electron chi connectivity index (χ2n) is 14.6. The highest BCUT2D eigenvalue weighted by Crippen LogP contribution is 2.40. The minimum Gasteiger partial charge on any atom is -0.378 e. The van der Waals surface area contributed by atoms with Crippen molar-refractivity contribution in [2.24, 2.45) is 11.8 Å². The van der Waals surface area contributed by atoms with Gasteiger partial charge in [-0.15, -0.1) is 0 Å². The van der Waals surface area contributed by atoms with E-state index in [2.05, 4.69) is 39.2 Å². The van der Waals surface area contributed by atoms with Gasteiger partial charge in [0.05, 0.1) is 25.2 Å². The minimum absolute atomic E-state index is 0.00537. The Morgan fingerprint density at radius 1 is 0.932 bits per heavy atom. The van der Waals surface area contributed by atoms with Crippen molar-refractivity contribution in [2.75, 3.05) is 45.9 Å². The van der Waals surface area contributed by atoms with Gasteiger partial charge in [0.15, 0.2) is 0 Å². The van der Waals surface area contributed by atoms with Gasteiger partial charge >= 0.3 is 0 Å². The Balaban J connectivity index is 1.48. The molecular weight excluding hydrogens is 576 g/mol. The maximum absolute atomic E-state index is 14.8. The van der Waals surface area contributed by atoms with Crippen LogP contribution in [0.1, 0.15) is 78.2 Å². The van der Waals surface area contributed by atoms with Crippen molar-refractivity contribution in [1.82, 2.24) is 19.6 Å². The number of carbonyl (C=O) groups excluding carboxylic acids is 3. The second kappa shape index (κ2) is 13.5. The largest absolute Gasteiger partial charge is 0.378 e. The Bertz CT molecular complexity index is 1220. The molecule has 8 nitrogen and oxygen atoms in total. The number of hydrogen-bond acceptors (Lipinski definition) is 5. The fourth-order valence-electron chi connectivity index (χ4n) is 7.72. The van der Waals surface area contributed by atoms with Gasteiger partial charge in [0.2, 0.25) is 17.7 Å². The van der Waals surface area contributed by atoms with Crippen LogP contribution in [0.2, 0.25) is 5.02 Å². The molecule has 9 heteroatoms. The molecule has 1 aliphatic carbocycles. The zero-order chi connectivity index (χ0) is 31.8. The summed E-state index contributed by atoms with van der Waals surface area (Å²) >= 11 is 6.24. The number of rotatable bonds is 6. The van der Waals surface area contributed by atoms with Crippen LogP contribution in [0.15, 0.2) is 36.4 Å². The van der Waals surface area contributed by atoms with E-state index in [1.165, 1.54) is 0 Å². The Labute approximate surface area is 268 Å². The molecule has 1 saturated carbocycles. The number of nitrogens with zero attached hydrogens (tertiary/aromatic N) is 4. The number of halogens is 1. The number of morpholine rings is 1. The van der Waals surface area contributed by atoms with E-state index >= 15 is 0 Å². The third kappa shape index (κ3) is 7.02. The van der Waals surface area contributed by atoms with Gasteiger partial charge in [0.1, 0.15) is 6.04 Å². The lowest BCUT2D eigenvalue weighted by Crippen LogP contribution is -2.52. The lowest BCUT2D eigenvalue weighted by atomic mass is 9.85. The molecule has 0 spiro atoms. The van der Waals surface area contributed by atoms with E-state index in [9.17, 15) is 14.4 Å². The summed E-state index contributed by atoms with van der Waals surface area (Å²) in [5, 5.41) is 0.667. The first kappa shape index (κ1) is 33.0. The topological polar surface area (TPSA) is 73.4 Å². The Kier molecular flexibility index (Phi) is 10.1. The molecule has 1 aromatic rings. The fraction of sp³-hybridized carbons (Fsp3) is 0.686. The molecule has 44 heavy (non-hydrogen) atoms. The summed E-state index contributed by atoms with van der Waals surface area (Å²) in [5.41, 5.74) is 1.48. The Morgan fingerprint density at radius 3 is 2.16 bits per heavy atom.